The molecule has 0 aliphatic heterocycles. The van der Waals surface area contributed by atoms with Crippen LogP contribution in [-0.4, -0.2) is 5.78 Å². The second kappa shape index (κ2) is 3.00. The Morgan fingerprint density at radius 1 is 1.70 bits per heavy atom. The van der Waals surface area contributed by atoms with E-state index in [0.29, 0.717) is 11.7 Å². The van der Waals surface area contributed by atoms with Gasteiger partial charge in [-0.1, -0.05) is 19.4 Å². The van der Waals surface area contributed by atoms with Gasteiger partial charge in [0.2, 0.25) is 0 Å². The third-order valence-electron chi connectivity index (χ3n) is 2.25. The summed E-state index contributed by atoms with van der Waals surface area (Å²) in [6.45, 7) is 4.06. The molecule has 1 nitrogen and oxygen atoms in total. The molecule has 0 spiro atoms. The minimum Gasteiger partial charge on any atom is -0.295 e. The van der Waals surface area contributed by atoms with Crippen molar-refractivity contribution in [2.24, 2.45) is 5.92 Å². The monoisotopic (exact) mass is 138 g/mol. The molecule has 0 heterocycles. The highest BCUT2D eigenvalue weighted by Gasteiger charge is 2.16. The molecular formula is C9H14O. The van der Waals surface area contributed by atoms with Crippen LogP contribution in [0.2, 0.25) is 0 Å². The number of rotatable bonds is 1. The summed E-state index contributed by atoms with van der Waals surface area (Å²) in [7, 11) is 0. The van der Waals surface area contributed by atoms with Crippen LogP contribution >= 0.6 is 0 Å². The minimum absolute atomic E-state index is 0.345. The summed E-state index contributed by atoms with van der Waals surface area (Å²) >= 11 is 0. The summed E-state index contributed by atoms with van der Waals surface area (Å²) in [5, 5.41) is 0. The number of hydrogen-bond acceptors (Lipinski definition) is 1. The van der Waals surface area contributed by atoms with Gasteiger partial charge in [0.25, 0.3) is 0 Å². The van der Waals surface area contributed by atoms with E-state index in [1.807, 2.05) is 6.92 Å². The van der Waals surface area contributed by atoms with E-state index in [1.165, 1.54) is 0 Å². The van der Waals surface area contributed by atoms with Crippen molar-refractivity contribution in [2.75, 3.05) is 0 Å². The van der Waals surface area contributed by atoms with Gasteiger partial charge in [-0.2, -0.15) is 0 Å². The second-order valence-electron chi connectivity index (χ2n) is 3.02. The number of ketones is 1. The number of hydrogen-bond donors (Lipinski definition) is 0. The van der Waals surface area contributed by atoms with Crippen LogP contribution in [0.3, 0.4) is 0 Å². The summed E-state index contributed by atoms with van der Waals surface area (Å²) in [5.41, 5.74) is 0.963. The predicted octanol–water partition coefficient (Wildman–Crippen LogP) is 2.32. The largest absolute Gasteiger partial charge is 0.295 e. The fourth-order valence-electron chi connectivity index (χ4n) is 1.27. The van der Waals surface area contributed by atoms with E-state index in [9.17, 15) is 4.79 Å². The average molecular weight is 138 g/mol. The van der Waals surface area contributed by atoms with E-state index < -0.39 is 0 Å². The van der Waals surface area contributed by atoms with Gasteiger partial charge in [-0.15, -0.1) is 0 Å². The molecule has 1 atom stereocenters. The van der Waals surface area contributed by atoms with Crippen molar-refractivity contribution in [1.29, 1.82) is 0 Å². The lowest BCUT2D eigenvalue weighted by Gasteiger charge is -2.16. The smallest absolute Gasteiger partial charge is 0.158 e. The van der Waals surface area contributed by atoms with Crippen molar-refractivity contribution >= 4 is 5.78 Å². The van der Waals surface area contributed by atoms with Crippen molar-refractivity contribution in [3.8, 4) is 0 Å². The molecule has 10 heavy (non-hydrogen) atoms. The third-order valence-corrected chi connectivity index (χ3v) is 2.25. The Balaban J connectivity index is 2.59. The molecule has 0 unspecified atom stereocenters. The zero-order valence-corrected chi connectivity index (χ0v) is 6.68. The van der Waals surface area contributed by atoms with Gasteiger partial charge in [0, 0.05) is 6.42 Å². The van der Waals surface area contributed by atoms with Crippen molar-refractivity contribution in [3.05, 3.63) is 11.6 Å². The maximum absolute atomic E-state index is 11.1. The molecule has 0 fully saturated rings. The number of carbonyl (C=O) groups is 1. The first-order valence-corrected chi connectivity index (χ1v) is 3.94. The summed E-state index contributed by atoms with van der Waals surface area (Å²) in [4.78, 5) is 11.1. The summed E-state index contributed by atoms with van der Waals surface area (Å²) in [6.07, 6.45) is 5.09. The van der Waals surface area contributed by atoms with E-state index in [0.717, 1.165) is 24.8 Å². The predicted molar refractivity (Wildman–Crippen MR) is 41.8 cm³/mol. The molecule has 56 valence electrons. The lowest BCUT2D eigenvalue weighted by atomic mass is 9.88. The van der Waals surface area contributed by atoms with Gasteiger partial charge in [0.1, 0.15) is 0 Å². The van der Waals surface area contributed by atoms with Gasteiger partial charge in [0.15, 0.2) is 5.78 Å². The Labute approximate surface area is 62.1 Å². The highest BCUT2D eigenvalue weighted by molar-refractivity contribution is 5.95. The maximum atomic E-state index is 11.1. The van der Waals surface area contributed by atoms with Gasteiger partial charge < -0.3 is 0 Å². The molecule has 0 amide bonds. The summed E-state index contributed by atoms with van der Waals surface area (Å²) in [6, 6.07) is 0. The van der Waals surface area contributed by atoms with Crippen molar-refractivity contribution in [3.63, 3.8) is 0 Å². The summed E-state index contributed by atoms with van der Waals surface area (Å²) in [5.74, 6) is 0.967. The molecule has 0 N–H and O–H groups in total. The van der Waals surface area contributed by atoms with Crippen LogP contribution in [0.15, 0.2) is 11.6 Å². The van der Waals surface area contributed by atoms with Crippen LogP contribution < -0.4 is 0 Å². The molecule has 0 bridgehead atoms. The first-order valence-electron chi connectivity index (χ1n) is 3.94. The van der Waals surface area contributed by atoms with Gasteiger partial charge >= 0.3 is 0 Å². The Morgan fingerprint density at radius 3 is 2.90 bits per heavy atom. The van der Waals surface area contributed by atoms with E-state index in [4.69, 9.17) is 0 Å². The van der Waals surface area contributed by atoms with Gasteiger partial charge in [0.05, 0.1) is 0 Å². The van der Waals surface area contributed by atoms with Gasteiger partial charge in [-0.05, 0) is 24.8 Å². The molecule has 1 aliphatic rings. The molecular weight excluding hydrogens is 124 g/mol. The Kier molecular flexibility index (Phi) is 2.25. The van der Waals surface area contributed by atoms with Crippen molar-refractivity contribution in [1.82, 2.24) is 0 Å². The van der Waals surface area contributed by atoms with Crippen LogP contribution in [0, 0.1) is 5.92 Å². The average Bonchev–Trinajstić information content (AvgIpc) is 1.95. The molecule has 0 saturated carbocycles. The van der Waals surface area contributed by atoms with E-state index >= 15 is 0 Å². The fraction of sp³-hybridized carbons (Fsp3) is 0.667. The van der Waals surface area contributed by atoms with E-state index in [2.05, 4.69) is 13.0 Å². The van der Waals surface area contributed by atoms with Crippen LogP contribution in [-0.2, 0) is 4.79 Å². The molecule has 0 aromatic carbocycles. The Morgan fingerprint density at radius 2 is 2.40 bits per heavy atom. The molecule has 0 aromatic rings. The number of carbonyl (C=O) groups excluding carboxylic acids is 1. The molecule has 1 heteroatoms. The lowest BCUT2D eigenvalue weighted by molar-refractivity contribution is -0.116. The van der Waals surface area contributed by atoms with Crippen LogP contribution in [0.1, 0.15) is 33.1 Å². The first kappa shape index (κ1) is 7.52. The second-order valence-corrected chi connectivity index (χ2v) is 3.02. The zero-order chi connectivity index (χ0) is 7.56. The zero-order valence-electron chi connectivity index (χ0n) is 6.68. The van der Waals surface area contributed by atoms with Crippen molar-refractivity contribution in [2.45, 2.75) is 33.1 Å². The fourth-order valence-corrected chi connectivity index (χ4v) is 1.27. The molecule has 1 rings (SSSR count). The van der Waals surface area contributed by atoms with Crippen LogP contribution in [0.5, 0.6) is 0 Å². The van der Waals surface area contributed by atoms with Gasteiger partial charge in [-0.3, -0.25) is 4.79 Å². The lowest BCUT2D eigenvalue weighted by Crippen LogP contribution is -2.13. The third kappa shape index (κ3) is 1.47. The van der Waals surface area contributed by atoms with Crippen molar-refractivity contribution < 1.29 is 4.79 Å². The Bertz CT molecular complexity index is 168. The molecule has 1 aliphatic carbocycles. The van der Waals surface area contributed by atoms with Crippen LogP contribution in [0.4, 0.5) is 0 Å². The van der Waals surface area contributed by atoms with E-state index in [1.54, 1.807) is 0 Å². The highest BCUT2D eigenvalue weighted by atomic mass is 16.1. The van der Waals surface area contributed by atoms with Crippen LogP contribution in [0.25, 0.3) is 0 Å². The normalized spacial score (nSPS) is 26.4. The Hall–Kier alpha value is -0.590. The maximum Gasteiger partial charge on any atom is 0.158 e. The number of allylic oxidation sites excluding steroid dienone is 2. The quantitative estimate of drug-likeness (QED) is 0.543. The molecule has 0 saturated heterocycles. The van der Waals surface area contributed by atoms with E-state index in [-0.39, 0.29) is 0 Å². The topological polar surface area (TPSA) is 17.1 Å². The standard InChI is InChI=1S/C9H14O/c1-3-8-5-4-7(2)9(10)6-8/h4,8H,3,5-6H2,1-2H3/t8-/m1/s1. The molecule has 0 radical (unpaired) electrons. The summed E-state index contributed by atoms with van der Waals surface area (Å²) < 4.78 is 0. The first-order chi connectivity index (χ1) is 4.74. The molecule has 0 aromatic heterocycles. The minimum atomic E-state index is 0.345. The van der Waals surface area contributed by atoms with Gasteiger partial charge in [-0.25, -0.2) is 0 Å². The highest BCUT2D eigenvalue weighted by Crippen LogP contribution is 2.22. The number of Topliss-reactive ketones (excluding diaryl/α,β-unsaturated/α-hetero) is 1. The SMILES string of the molecule is CC[C@@H]1CC=C(C)C(=O)C1.